The lowest BCUT2D eigenvalue weighted by Crippen LogP contribution is -2.05. The first-order valence-electron chi connectivity index (χ1n) is 6.68. The van der Waals surface area contributed by atoms with Crippen LogP contribution in [0.15, 0.2) is 28.8 Å². The highest BCUT2D eigenvalue weighted by atomic mass is 35.5. The summed E-state index contributed by atoms with van der Waals surface area (Å²) < 4.78 is 10.6. The number of rotatable bonds is 5. The summed E-state index contributed by atoms with van der Waals surface area (Å²) in [7, 11) is 0. The van der Waals surface area contributed by atoms with Crippen molar-refractivity contribution in [3.8, 4) is 0 Å². The van der Waals surface area contributed by atoms with Crippen molar-refractivity contribution in [3.63, 3.8) is 0 Å². The molecule has 1 aromatic carbocycles. The maximum absolute atomic E-state index is 5.83. The van der Waals surface area contributed by atoms with Gasteiger partial charge >= 0.3 is 0 Å². The van der Waals surface area contributed by atoms with Gasteiger partial charge in [-0.05, 0) is 36.6 Å². The topological polar surface area (TPSA) is 60.2 Å². The fraction of sp³-hybridized carbons (Fsp3) is 0.429. The summed E-state index contributed by atoms with van der Waals surface area (Å²) in [6.07, 6.45) is 1.90. The average molecular weight is 294 g/mol. The SMILES string of the molecule is Clc1ccc(NCc2nc(CC3CCOC3)no2)cc1. The number of aromatic nitrogens is 2. The van der Waals surface area contributed by atoms with Crippen molar-refractivity contribution in [1.82, 2.24) is 10.1 Å². The van der Waals surface area contributed by atoms with Crippen molar-refractivity contribution in [2.24, 2.45) is 5.92 Å². The first-order valence-corrected chi connectivity index (χ1v) is 7.06. The Kier molecular flexibility index (Phi) is 4.18. The maximum atomic E-state index is 5.83. The van der Waals surface area contributed by atoms with Crippen molar-refractivity contribution in [2.75, 3.05) is 18.5 Å². The monoisotopic (exact) mass is 293 g/mol. The Labute approximate surface area is 122 Å². The third-order valence-electron chi connectivity index (χ3n) is 3.29. The summed E-state index contributed by atoms with van der Waals surface area (Å²) in [4.78, 5) is 4.38. The molecule has 0 radical (unpaired) electrons. The minimum absolute atomic E-state index is 0.510. The van der Waals surface area contributed by atoms with Gasteiger partial charge in [0.05, 0.1) is 6.54 Å². The second kappa shape index (κ2) is 6.24. The van der Waals surface area contributed by atoms with E-state index in [1.165, 1.54) is 0 Å². The van der Waals surface area contributed by atoms with E-state index in [9.17, 15) is 0 Å². The van der Waals surface area contributed by atoms with Gasteiger partial charge in [0.1, 0.15) is 0 Å². The zero-order valence-corrected chi connectivity index (χ0v) is 11.8. The predicted molar refractivity (Wildman–Crippen MR) is 75.7 cm³/mol. The molecule has 1 unspecified atom stereocenters. The van der Waals surface area contributed by atoms with Gasteiger partial charge in [0.2, 0.25) is 5.89 Å². The zero-order valence-electron chi connectivity index (χ0n) is 11.0. The van der Waals surface area contributed by atoms with Gasteiger partial charge < -0.3 is 14.6 Å². The Balaban J connectivity index is 1.52. The minimum atomic E-state index is 0.510. The van der Waals surface area contributed by atoms with Crippen LogP contribution >= 0.6 is 11.6 Å². The highest BCUT2D eigenvalue weighted by Gasteiger charge is 2.18. The molecule has 2 heterocycles. The van der Waals surface area contributed by atoms with Crippen molar-refractivity contribution in [3.05, 3.63) is 41.0 Å². The number of anilines is 1. The Morgan fingerprint density at radius 2 is 2.15 bits per heavy atom. The van der Waals surface area contributed by atoms with E-state index in [0.717, 1.165) is 42.6 Å². The number of hydrogen-bond acceptors (Lipinski definition) is 5. The second-order valence-corrected chi connectivity index (χ2v) is 5.33. The van der Waals surface area contributed by atoms with Crippen molar-refractivity contribution in [1.29, 1.82) is 0 Å². The summed E-state index contributed by atoms with van der Waals surface area (Å²) in [5.41, 5.74) is 0.971. The normalized spacial score (nSPS) is 18.4. The van der Waals surface area contributed by atoms with Gasteiger partial charge in [-0.15, -0.1) is 0 Å². The van der Waals surface area contributed by atoms with Gasteiger partial charge in [-0.25, -0.2) is 0 Å². The molecular weight excluding hydrogens is 278 g/mol. The van der Waals surface area contributed by atoms with Crippen LogP contribution in [0, 0.1) is 5.92 Å². The number of nitrogens with one attached hydrogen (secondary N) is 1. The molecular formula is C14H16ClN3O2. The van der Waals surface area contributed by atoms with Crippen LogP contribution in [0.25, 0.3) is 0 Å². The molecule has 1 aromatic heterocycles. The van der Waals surface area contributed by atoms with Crippen LogP contribution in [-0.2, 0) is 17.7 Å². The molecule has 3 rings (SSSR count). The number of halogens is 1. The Bertz CT molecular complexity index is 550. The third kappa shape index (κ3) is 3.49. The average Bonchev–Trinajstić information content (AvgIpc) is 3.11. The number of hydrogen-bond donors (Lipinski definition) is 1. The van der Waals surface area contributed by atoms with Crippen LogP contribution in [0.3, 0.4) is 0 Å². The first kappa shape index (κ1) is 13.4. The lowest BCUT2D eigenvalue weighted by molar-refractivity contribution is 0.185. The summed E-state index contributed by atoms with van der Waals surface area (Å²) in [6.45, 7) is 2.15. The number of benzene rings is 1. The van der Waals surface area contributed by atoms with E-state index in [4.69, 9.17) is 20.9 Å². The molecule has 20 heavy (non-hydrogen) atoms. The molecule has 6 heteroatoms. The van der Waals surface area contributed by atoms with Gasteiger partial charge in [-0.2, -0.15) is 4.98 Å². The van der Waals surface area contributed by atoms with Gasteiger partial charge in [0, 0.05) is 30.3 Å². The van der Waals surface area contributed by atoms with Crippen molar-refractivity contribution < 1.29 is 9.26 Å². The number of ether oxygens (including phenoxy) is 1. The predicted octanol–water partition coefficient (Wildman–Crippen LogP) is 2.91. The zero-order chi connectivity index (χ0) is 13.8. The van der Waals surface area contributed by atoms with Crippen LogP contribution in [0.5, 0.6) is 0 Å². The second-order valence-electron chi connectivity index (χ2n) is 4.90. The van der Waals surface area contributed by atoms with E-state index in [2.05, 4.69) is 15.5 Å². The third-order valence-corrected chi connectivity index (χ3v) is 3.55. The molecule has 0 bridgehead atoms. The molecule has 5 nitrogen and oxygen atoms in total. The smallest absolute Gasteiger partial charge is 0.245 e. The van der Waals surface area contributed by atoms with E-state index in [1.54, 1.807) is 0 Å². The van der Waals surface area contributed by atoms with Gasteiger partial charge in [-0.1, -0.05) is 16.8 Å². The van der Waals surface area contributed by atoms with Crippen LogP contribution in [0.2, 0.25) is 5.02 Å². The largest absolute Gasteiger partial charge is 0.381 e. The highest BCUT2D eigenvalue weighted by molar-refractivity contribution is 6.30. The summed E-state index contributed by atoms with van der Waals surface area (Å²) in [5, 5.41) is 7.94. The highest BCUT2D eigenvalue weighted by Crippen LogP contribution is 2.17. The molecule has 0 saturated carbocycles. The maximum Gasteiger partial charge on any atom is 0.245 e. The molecule has 1 fully saturated rings. The van der Waals surface area contributed by atoms with Gasteiger partial charge in [0.15, 0.2) is 5.82 Å². The molecule has 0 amide bonds. The molecule has 106 valence electrons. The quantitative estimate of drug-likeness (QED) is 0.918. The minimum Gasteiger partial charge on any atom is -0.381 e. The fourth-order valence-electron chi connectivity index (χ4n) is 2.19. The van der Waals surface area contributed by atoms with E-state index >= 15 is 0 Å². The van der Waals surface area contributed by atoms with Crippen LogP contribution in [-0.4, -0.2) is 23.4 Å². The number of nitrogens with zero attached hydrogens (tertiary/aromatic N) is 2. The van der Waals surface area contributed by atoms with Crippen LogP contribution in [0.4, 0.5) is 5.69 Å². The summed E-state index contributed by atoms with van der Waals surface area (Å²) in [5.74, 6) is 1.87. The summed E-state index contributed by atoms with van der Waals surface area (Å²) >= 11 is 5.83. The van der Waals surface area contributed by atoms with E-state index in [1.807, 2.05) is 24.3 Å². The first-order chi connectivity index (χ1) is 9.79. The fourth-order valence-corrected chi connectivity index (χ4v) is 2.32. The Morgan fingerprint density at radius 1 is 1.30 bits per heavy atom. The van der Waals surface area contributed by atoms with Gasteiger partial charge in [-0.3, -0.25) is 0 Å². The molecule has 2 aromatic rings. The van der Waals surface area contributed by atoms with E-state index in [-0.39, 0.29) is 0 Å². The molecule has 0 aliphatic carbocycles. The molecule has 1 atom stereocenters. The Morgan fingerprint density at radius 3 is 2.90 bits per heavy atom. The van der Waals surface area contributed by atoms with E-state index < -0.39 is 0 Å². The molecule has 1 N–H and O–H groups in total. The molecule has 1 aliphatic heterocycles. The lowest BCUT2D eigenvalue weighted by Gasteiger charge is -2.02. The standard InChI is InChI=1S/C14H16ClN3O2/c15-11-1-3-12(4-2-11)16-8-14-17-13(18-20-14)7-10-5-6-19-9-10/h1-4,10,16H,5-9H2. The van der Waals surface area contributed by atoms with Crippen LogP contribution in [0.1, 0.15) is 18.1 Å². The van der Waals surface area contributed by atoms with Crippen molar-refractivity contribution in [2.45, 2.75) is 19.4 Å². The molecule has 1 aliphatic rings. The van der Waals surface area contributed by atoms with Crippen molar-refractivity contribution >= 4 is 17.3 Å². The van der Waals surface area contributed by atoms with Gasteiger partial charge in [0.25, 0.3) is 0 Å². The molecule has 1 saturated heterocycles. The summed E-state index contributed by atoms with van der Waals surface area (Å²) in [6, 6.07) is 7.50. The lowest BCUT2D eigenvalue weighted by atomic mass is 10.1. The Hall–Kier alpha value is -1.59. The molecule has 0 spiro atoms. The van der Waals surface area contributed by atoms with E-state index in [0.29, 0.717) is 18.4 Å². The van der Waals surface area contributed by atoms with Crippen LogP contribution < -0.4 is 5.32 Å².